The van der Waals surface area contributed by atoms with E-state index < -0.39 is 0 Å². The molecule has 0 aliphatic rings. The van der Waals surface area contributed by atoms with Crippen LogP contribution in [0.5, 0.6) is 0 Å². The summed E-state index contributed by atoms with van der Waals surface area (Å²) in [6.45, 7) is 6.35. The second kappa shape index (κ2) is 4.62. The molecule has 0 N–H and O–H groups in total. The van der Waals surface area contributed by atoms with E-state index in [0.717, 1.165) is 4.88 Å². The molecule has 86 valence electrons. The highest BCUT2D eigenvalue weighted by molar-refractivity contribution is 7.13. The first-order valence-corrected chi connectivity index (χ1v) is 5.79. The average molecular weight is 236 g/mol. The second-order valence-corrected chi connectivity index (χ2v) is 5.78. The van der Waals surface area contributed by atoms with Crippen molar-refractivity contribution in [2.75, 3.05) is 14.1 Å². The first-order valence-electron chi connectivity index (χ1n) is 4.98. The Morgan fingerprint density at radius 3 is 2.44 bits per heavy atom. The van der Waals surface area contributed by atoms with Gasteiger partial charge in [0, 0.05) is 19.0 Å². The van der Waals surface area contributed by atoms with Crippen LogP contribution >= 0.6 is 11.3 Å². The highest BCUT2D eigenvalue weighted by atomic mass is 32.1. The van der Waals surface area contributed by atoms with Crippen molar-refractivity contribution >= 4 is 17.0 Å². The monoisotopic (exact) mass is 236 g/mol. The average Bonchev–Trinajstić information content (AvgIpc) is 2.56. The van der Waals surface area contributed by atoms with Crippen LogP contribution in [0, 0.1) is 11.3 Å². The maximum Gasteiger partial charge on any atom is 0.132 e. The van der Waals surface area contributed by atoms with Crippen LogP contribution < -0.4 is 0 Å². The van der Waals surface area contributed by atoms with Crippen molar-refractivity contribution in [3.8, 4) is 6.07 Å². The summed E-state index contributed by atoms with van der Waals surface area (Å²) in [5.74, 6) is 0. The third-order valence-corrected chi connectivity index (χ3v) is 3.34. The fraction of sp³-hybridized carbons (Fsp3) is 0.545. The lowest BCUT2D eigenvalue weighted by Crippen LogP contribution is -2.07. The van der Waals surface area contributed by atoms with Gasteiger partial charge in [-0.25, -0.2) is 0 Å². The van der Waals surface area contributed by atoms with Crippen LogP contribution in [0.15, 0.2) is 16.4 Å². The normalized spacial score (nSPS) is 11.8. The molecule has 0 bridgehead atoms. The molecule has 5 heteroatoms. The van der Waals surface area contributed by atoms with Gasteiger partial charge in [-0.05, 0) is 11.5 Å². The van der Waals surface area contributed by atoms with Crippen LogP contribution in [0.3, 0.4) is 0 Å². The van der Waals surface area contributed by atoms with Crippen LogP contribution in [-0.4, -0.2) is 19.1 Å². The van der Waals surface area contributed by atoms with E-state index in [1.54, 1.807) is 19.1 Å². The van der Waals surface area contributed by atoms with Crippen molar-refractivity contribution < 1.29 is 0 Å². The van der Waals surface area contributed by atoms with Crippen molar-refractivity contribution in [3.05, 3.63) is 15.8 Å². The third kappa shape index (κ3) is 3.04. The third-order valence-electron chi connectivity index (χ3n) is 1.88. The summed E-state index contributed by atoms with van der Waals surface area (Å²) in [4.78, 5) is 1.77. The Kier molecular flexibility index (Phi) is 3.66. The fourth-order valence-corrected chi connectivity index (χ4v) is 1.99. The summed E-state index contributed by atoms with van der Waals surface area (Å²) in [5, 5.41) is 18.6. The first-order chi connectivity index (χ1) is 7.34. The molecule has 0 unspecified atom stereocenters. The molecular formula is C11H16N4S. The maximum atomic E-state index is 9.01. The summed E-state index contributed by atoms with van der Waals surface area (Å²) in [6.07, 6.45) is 0. The predicted molar refractivity (Wildman–Crippen MR) is 65.9 cm³/mol. The molecule has 0 saturated heterocycles. The number of hydrogen-bond donors (Lipinski definition) is 0. The Bertz CT molecular complexity index is 432. The Morgan fingerprint density at radius 1 is 1.38 bits per heavy atom. The number of nitrogens with zero attached hydrogens (tertiary/aromatic N) is 4. The van der Waals surface area contributed by atoms with E-state index >= 15 is 0 Å². The molecule has 4 nitrogen and oxygen atoms in total. The van der Waals surface area contributed by atoms with Gasteiger partial charge < -0.3 is 0 Å². The molecule has 0 radical (unpaired) electrons. The summed E-state index contributed by atoms with van der Waals surface area (Å²) >= 11 is 1.48. The molecule has 1 rings (SSSR count). The standard InChI is InChI=1S/C11H16N4S/c1-11(2,3)10-6-8(9(7-12)16-10)13-14-15(4)5/h6H,1-5H3. The Hall–Kier alpha value is -1.41. The van der Waals surface area contributed by atoms with Crippen LogP contribution in [0.2, 0.25) is 0 Å². The Labute approximate surface area is 100 Å². The first kappa shape index (κ1) is 12.7. The molecule has 0 fully saturated rings. The van der Waals surface area contributed by atoms with E-state index in [0.29, 0.717) is 10.6 Å². The number of thiophene rings is 1. The number of nitriles is 1. The van der Waals surface area contributed by atoms with Gasteiger partial charge >= 0.3 is 0 Å². The lowest BCUT2D eigenvalue weighted by atomic mass is 9.95. The van der Waals surface area contributed by atoms with Crippen molar-refractivity contribution in [1.82, 2.24) is 5.01 Å². The molecule has 1 aromatic rings. The molecule has 1 heterocycles. The van der Waals surface area contributed by atoms with Gasteiger partial charge in [-0.2, -0.15) is 5.26 Å². The lowest BCUT2D eigenvalue weighted by molar-refractivity contribution is 0.408. The Morgan fingerprint density at radius 2 is 2.00 bits per heavy atom. The zero-order valence-electron chi connectivity index (χ0n) is 10.3. The molecule has 0 spiro atoms. The minimum absolute atomic E-state index is 0.0438. The minimum atomic E-state index is 0.0438. The van der Waals surface area contributed by atoms with Gasteiger partial charge in [-0.1, -0.05) is 26.0 Å². The predicted octanol–water partition coefficient (Wildman–Crippen LogP) is 3.48. The maximum absolute atomic E-state index is 9.01. The number of rotatable bonds is 2. The second-order valence-electron chi connectivity index (χ2n) is 4.72. The SMILES string of the molecule is CN(C)N=Nc1cc(C(C)(C)C)sc1C#N. The topological polar surface area (TPSA) is 51.8 Å². The van der Waals surface area contributed by atoms with Gasteiger partial charge in [0.05, 0.1) is 0 Å². The van der Waals surface area contributed by atoms with Gasteiger partial charge in [0.25, 0.3) is 0 Å². The molecule has 0 aromatic carbocycles. The zero-order valence-corrected chi connectivity index (χ0v) is 11.1. The molecule has 0 saturated carbocycles. The molecule has 0 aliphatic heterocycles. The summed E-state index contributed by atoms with van der Waals surface area (Å²) in [5.41, 5.74) is 0.702. The summed E-state index contributed by atoms with van der Waals surface area (Å²) in [6, 6.07) is 4.10. The van der Waals surface area contributed by atoms with E-state index in [1.165, 1.54) is 11.3 Å². The van der Waals surface area contributed by atoms with Crippen LogP contribution in [0.25, 0.3) is 0 Å². The van der Waals surface area contributed by atoms with E-state index in [9.17, 15) is 0 Å². The molecule has 0 amide bonds. The van der Waals surface area contributed by atoms with Gasteiger partial charge in [-0.15, -0.1) is 16.5 Å². The molecule has 0 atom stereocenters. The minimum Gasteiger partial charge on any atom is -0.285 e. The van der Waals surface area contributed by atoms with Crippen molar-refractivity contribution in [2.45, 2.75) is 26.2 Å². The van der Waals surface area contributed by atoms with Crippen molar-refractivity contribution in [3.63, 3.8) is 0 Å². The van der Waals surface area contributed by atoms with Crippen LogP contribution in [0.4, 0.5) is 5.69 Å². The van der Waals surface area contributed by atoms with Crippen molar-refractivity contribution in [1.29, 1.82) is 5.26 Å². The zero-order chi connectivity index (χ0) is 12.3. The molecule has 16 heavy (non-hydrogen) atoms. The summed E-state index contributed by atoms with van der Waals surface area (Å²) < 4.78 is 0. The van der Waals surface area contributed by atoms with E-state index in [2.05, 4.69) is 37.2 Å². The highest BCUT2D eigenvalue weighted by Gasteiger charge is 2.19. The highest BCUT2D eigenvalue weighted by Crippen LogP contribution is 2.36. The van der Waals surface area contributed by atoms with E-state index in [-0.39, 0.29) is 5.41 Å². The van der Waals surface area contributed by atoms with Gasteiger partial charge in [0.2, 0.25) is 0 Å². The fourth-order valence-electron chi connectivity index (χ4n) is 1.04. The molecule has 0 aliphatic carbocycles. The van der Waals surface area contributed by atoms with Crippen molar-refractivity contribution in [2.24, 2.45) is 10.3 Å². The number of hydrogen-bond acceptors (Lipinski definition) is 4. The quantitative estimate of drug-likeness (QED) is 0.583. The Balaban J connectivity index is 3.11. The molecule has 1 aromatic heterocycles. The van der Waals surface area contributed by atoms with Crippen LogP contribution in [0.1, 0.15) is 30.5 Å². The van der Waals surface area contributed by atoms with Gasteiger partial charge in [-0.3, -0.25) is 5.01 Å². The van der Waals surface area contributed by atoms with Gasteiger partial charge in [0.1, 0.15) is 16.6 Å². The lowest BCUT2D eigenvalue weighted by Gasteiger charge is -2.14. The summed E-state index contributed by atoms with van der Waals surface area (Å²) in [7, 11) is 3.60. The molecular weight excluding hydrogens is 220 g/mol. The van der Waals surface area contributed by atoms with Crippen LogP contribution in [-0.2, 0) is 5.41 Å². The largest absolute Gasteiger partial charge is 0.285 e. The van der Waals surface area contributed by atoms with E-state index in [1.807, 2.05) is 6.07 Å². The van der Waals surface area contributed by atoms with E-state index in [4.69, 9.17) is 5.26 Å². The smallest absolute Gasteiger partial charge is 0.132 e. The van der Waals surface area contributed by atoms with Gasteiger partial charge in [0.15, 0.2) is 0 Å².